The Bertz CT molecular complexity index is 796. The third-order valence-corrected chi connectivity index (χ3v) is 12.8. The summed E-state index contributed by atoms with van der Waals surface area (Å²) in [6.07, 6.45) is 53.1. The van der Waals surface area contributed by atoms with Crippen molar-refractivity contribution in [3.8, 4) is 0 Å². The van der Waals surface area contributed by atoms with Crippen LogP contribution in [0, 0.1) is 0 Å². The molecule has 0 saturated heterocycles. The number of carbonyl (C=O) groups excluding carboxylic acids is 1. The van der Waals surface area contributed by atoms with E-state index in [0.29, 0.717) is 12.8 Å². The molecule has 0 aromatic heterocycles. The Kier molecular flexibility index (Phi) is 46.8. The lowest BCUT2D eigenvalue weighted by molar-refractivity contribution is -0.132. The normalized spacial score (nSPS) is 13.8. The van der Waals surface area contributed by atoms with Gasteiger partial charge in [0, 0.05) is 0 Å². The summed E-state index contributed by atoms with van der Waals surface area (Å²) in [5, 5.41) is 43.9. The molecule has 0 aliphatic rings. The largest absolute Gasteiger partial charge is 0.394 e. The number of aliphatic hydroxyl groups excluding tert-OH is 4. The van der Waals surface area contributed by atoms with Crippen LogP contribution in [0.5, 0.6) is 0 Å². The Balaban J connectivity index is 3.56. The van der Waals surface area contributed by atoms with Crippen LogP contribution in [0.4, 0.5) is 0 Å². The molecule has 0 spiro atoms. The molecule has 0 aromatic rings. The third kappa shape index (κ3) is 40.7. The van der Waals surface area contributed by atoms with E-state index < -0.39 is 36.9 Å². The van der Waals surface area contributed by atoms with Gasteiger partial charge in [0.1, 0.15) is 12.2 Å². The molecule has 4 atom stereocenters. The van der Waals surface area contributed by atoms with E-state index in [9.17, 15) is 25.2 Å². The highest BCUT2D eigenvalue weighted by Gasteiger charge is 2.28. The van der Waals surface area contributed by atoms with Gasteiger partial charge >= 0.3 is 0 Å². The molecule has 0 heterocycles. The average molecular weight is 824 g/mol. The van der Waals surface area contributed by atoms with Gasteiger partial charge in [-0.25, -0.2) is 0 Å². The second-order valence-electron chi connectivity index (χ2n) is 18.6. The summed E-state index contributed by atoms with van der Waals surface area (Å²) in [6, 6.07) is -0.979. The smallest absolute Gasteiger partial charge is 0.249 e. The van der Waals surface area contributed by atoms with Gasteiger partial charge < -0.3 is 25.7 Å². The zero-order chi connectivity index (χ0) is 42.4. The first-order valence-electron chi connectivity index (χ1n) is 26.4. The minimum Gasteiger partial charge on any atom is -0.394 e. The topological polar surface area (TPSA) is 110 Å². The van der Waals surface area contributed by atoms with Gasteiger partial charge in [-0.1, -0.05) is 284 Å². The molecule has 348 valence electrons. The standard InChI is InChI=1S/C52H105NO5/c1-3-5-7-9-11-13-15-17-19-20-21-22-23-24-25-26-27-28-29-30-31-32-34-35-37-39-41-43-45-49(55)51(57)48(47-54)53-52(58)50(56)46-44-42-40-38-36-33-18-16-14-12-10-8-6-4-2/h48-51,54-57H,3-47H2,1-2H3,(H,53,58). The van der Waals surface area contributed by atoms with Crippen LogP contribution in [-0.4, -0.2) is 57.3 Å². The highest BCUT2D eigenvalue weighted by Crippen LogP contribution is 2.18. The van der Waals surface area contributed by atoms with E-state index >= 15 is 0 Å². The monoisotopic (exact) mass is 824 g/mol. The summed E-state index contributed by atoms with van der Waals surface area (Å²) >= 11 is 0. The number of aliphatic hydroxyl groups is 4. The molecule has 0 aliphatic heterocycles. The van der Waals surface area contributed by atoms with Crippen LogP contribution in [-0.2, 0) is 4.79 Å². The lowest BCUT2D eigenvalue weighted by Crippen LogP contribution is -2.53. The minimum absolute atomic E-state index is 0.375. The molecule has 0 aliphatic carbocycles. The van der Waals surface area contributed by atoms with Crippen molar-refractivity contribution >= 4 is 5.91 Å². The molecular weight excluding hydrogens is 719 g/mol. The lowest BCUT2D eigenvalue weighted by atomic mass is 9.99. The average Bonchev–Trinajstić information content (AvgIpc) is 3.23. The predicted molar refractivity (Wildman–Crippen MR) is 252 cm³/mol. The van der Waals surface area contributed by atoms with Crippen LogP contribution in [0.3, 0.4) is 0 Å². The zero-order valence-electron chi connectivity index (χ0n) is 39.3. The fraction of sp³-hybridized carbons (Fsp3) is 0.981. The van der Waals surface area contributed by atoms with Crippen LogP contribution in [0.2, 0.25) is 0 Å². The van der Waals surface area contributed by atoms with Crippen molar-refractivity contribution in [1.29, 1.82) is 0 Å². The van der Waals surface area contributed by atoms with Crippen LogP contribution in [0.15, 0.2) is 0 Å². The van der Waals surface area contributed by atoms with E-state index in [1.807, 2.05) is 0 Å². The van der Waals surface area contributed by atoms with Crippen LogP contribution >= 0.6 is 0 Å². The molecule has 0 aromatic carbocycles. The maximum atomic E-state index is 12.5. The SMILES string of the molecule is CCCCCCCCCCCCCCCCCCCCCCCCCCCCCCC(O)C(O)C(CO)NC(=O)C(O)CCCCCCCCCCCCCCCC. The Labute approximate surface area is 362 Å². The minimum atomic E-state index is -1.25. The van der Waals surface area contributed by atoms with Gasteiger partial charge in [0.25, 0.3) is 0 Å². The van der Waals surface area contributed by atoms with Crippen molar-refractivity contribution in [3.05, 3.63) is 0 Å². The predicted octanol–water partition coefficient (Wildman–Crippen LogP) is 14.8. The maximum Gasteiger partial charge on any atom is 0.249 e. The fourth-order valence-corrected chi connectivity index (χ4v) is 8.64. The van der Waals surface area contributed by atoms with Crippen molar-refractivity contribution in [3.63, 3.8) is 0 Å². The number of hydrogen-bond acceptors (Lipinski definition) is 5. The first-order chi connectivity index (χ1) is 28.5. The van der Waals surface area contributed by atoms with Crippen molar-refractivity contribution in [2.45, 2.75) is 321 Å². The van der Waals surface area contributed by atoms with E-state index in [2.05, 4.69) is 19.2 Å². The molecule has 6 nitrogen and oxygen atoms in total. The number of nitrogens with one attached hydrogen (secondary N) is 1. The summed E-state index contributed by atoms with van der Waals surface area (Å²) in [5.74, 6) is -0.578. The van der Waals surface area contributed by atoms with Crippen molar-refractivity contribution in [2.75, 3.05) is 6.61 Å². The van der Waals surface area contributed by atoms with Crippen molar-refractivity contribution < 1.29 is 25.2 Å². The van der Waals surface area contributed by atoms with E-state index in [1.165, 1.54) is 231 Å². The molecule has 0 bridgehead atoms. The van der Waals surface area contributed by atoms with Gasteiger partial charge in [0.15, 0.2) is 0 Å². The molecular formula is C52H105NO5. The van der Waals surface area contributed by atoms with E-state index in [-0.39, 0.29) is 0 Å². The first kappa shape index (κ1) is 57.3. The van der Waals surface area contributed by atoms with Crippen LogP contribution in [0.1, 0.15) is 296 Å². The lowest BCUT2D eigenvalue weighted by Gasteiger charge is -2.27. The Morgan fingerprint density at radius 2 is 0.586 bits per heavy atom. The first-order valence-corrected chi connectivity index (χ1v) is 26.4. The summed E-state index contributed by atoms with van der Waals surface area (Å²) in [4.78, 5) is 12.5. The Hall–Kier alpha value is -0.690. The fourth-order valence-electron chi connectivity index (χ4n) is 8.64. The second-order valence-corrected chi connectivity index (χ2v) is 18.6. The van der Waals surface area contributed by atoms with Gasteiger partial charge in [0.2, 0.25) is 5.91 Å². The van der Waals surface area contributed by atoms with Gasteiger partial charge in [0.05, 0.1) is 18.8 Å². The van der Waals surface area contributed by atoms with E-state index in [0.717, 1.165) is 38.5 Å². The Morgan fingerprint density at radius 3 is 0.828 bits per heavy atom. The molecule has 5 N–H and O–H groups in total. The number of unbranched alkanes of at least 4 members (excludes halogenated alkanes) is 40. The van der Waals surface area contributed by atoms with Gasteiger partial charge in [-0.15, -0.1) is 0 Å². The van der Waals surface area contributed by atoms with E-state index in [4.69, 9.17) is 0 Å². The van der Waals surface area contributed by atoms with Gasteiger partial charge in [-0.2, -0.15) is 0 Å². The number of amides is 1. The summed E-state index contributed by atoms with van der Waals surface area (Å²) in [6.45, 7) is 4.08. The van der Waals surface area contributed by atoms with Gasteiger partial charge in [-0.3, -0.25) is 4.79 Å². The Morgan fingerprint density at radius 1 is 0.362 bits per heavy atom. The third-order valence-electron chi connectivity index (χ3n) is 12.8. The van der Waals surface area contributed by atoms with Crippen molar-refractivity contribution in [2.24, 2.45) is 0 Å². The molecule has 0 rings (SSSR count). The molecule has 6 heteroatoms. The summed E-state index contributed by atoms with van der Waals surface area (Å²) < 4.78 is 0. The van der Waals surface area contributed by atoms with Crippen LogP contribution in [0.25, 0.3) is 0 Å². The molecule has 0 saturated carbocycles. The summed E-state index contributed by atoms with van der Waals surface area (Å²) in [5.41, 5.74) is 0. The number of hydrogen-bond donors (Lipinski definition) is 5. The summed E-state index contributed by atoms with van der Waals surface area (Å²) in [7, 11) is 0. The molecule has 58 heavy (non-hydrogen) atoms. The number of carbonyl (C=O) groups is 1. The van der Waals surface area contributed by atoms with Crippen LogP contribution < -0.4 is 5.32 Å². The molecule has 0 radical (unpaired) electrons. The van der Waals surface area contributed by atoms with Crippen molar-refractivity contribution in [1.82, 2.24) is 5.32 Å². The molecule has 1 amide bonds. The quantitative estimate of drug-likeness (QED) is 0.0393. The molecule has 0 fully saturated rings. The molecule has 4 unspecified atom stereocenters. The highest BCUT2D eigenvalue weighted by atomic mass is 16.3. The van der Waals surface area contributed by atoms with Gasteiger partial charge in [-0.05, 0) is 12.8 Å². The number of rotatable bonds is 49. The highest BCUT2D eigenvalue weighted by molar-refractivity contribution is 5.80. The van der Waals surface area contributed by atoms with E-state index in [1.54, 1.807) is 0 Å². The second kappa shape index (κ2) is 47.4. The zero-order valence-corrected chi connectivity index (χ0v) is 39.3. The maximum absolute atomic E-state index is 12.5.